The maximum absolute atomic E-state index is 5.44. The number of ether oxygens (including phenoxy) is 2. The molecule has 0 aromatic heterocycles. The van der Waals surface area contributed by atoms with Gasteiger partial charge in [-0.05, 0) is 32.4 Å². The van der Waals surface area contributed by atoms with Crippen LogP contribution in [0.25, 0.3) is 0 Å². The molecule has 1 aliphatic rings. The number of nitrogens with zero attached hydrogens (tertiary/aromatic N) is 3. The largest absolute Gasteiger partial charge is 0.382 e. The Morgan fingerprint density at radius 1 is 0.920 bits per heavy atom. The van der Waals surface area contributed by atoms with Crippen LogP contribution in [0.5, 0.6) is 0 Å². The summed E-state index contributed by atoms with van der Waals surface area (Å²) in [5.41, 5.74) is 0. The van der Waals surface area contributed by atoms with E-state index in [1.807, 2.05) is 7.05 Å². The summed E-state index contributed by atoms with van der Waals surface area (Å²) in [5, 5.41) is 6.71. The van der Waals surface area contributed by atoms with Crippen LogP contribution in [0.1, 0.15) is 26.2 Å². The Hall–Kier alpha value is -0.890. The summed E-state index contributed by atoms with van der Waals surface area (Å²) < 4.78 is 10.4. The molecule has 25 heavy (non-hydrogen) atoms. The molecule has 1 fully saturated rings. The van der Waals surface area contributed by atoms with Gasteiger partial charge >= 0.3 is 0 Å². The van der Waals surface area contributed by atoms with Gasteiger partial charge in [0.2, 0.25) is 0 Å². The molecule has 0 bridgehead atoms. The van der Waals surface area contributed by atoms with Crippen molar-refractivity contribution in [3.05, 3.63) is 0 Å². The zero-order valence-corrected chi connectivity index (χ0v) is 16.6. The molecule has 7 nitrogen and oxygen atoms in total. The number of methoxy groups -OCH3 is 1. The van der Waals surface area contributed by atoms with Gasteiger partial charge in [-0.1, -0.05) is 6.92 Å². The Kier molecular flexibility index (Phi) is 13.6. The number of guanidine groups is 1. The zero-order valence-electron chi connectivity index (χ0n) is 16.6. The van der Waals surface area contributed by atoms with Crippen LogP contribution in [0.3, 0.4) is 0 Å². The van der Waals surface area contributed by atoms with Crippen LogP contribution in [0.15, 0.2) is 4.99 Å². The highest BCUT2D eigenvalue weighted by Crippen LogP contribution is 2.02. The fourth-order valence-corrected chi connectivity index (χ4v) is 2.84. The SMILES string of the molecule is CCN1CCN(CCCCNC(=NC)NCCCOCCOC)CC1. The van der Waals surface area contributed by atoms with Crippen LogP contribution < -0.4 is 10.6 Å². The van der Waals surface area contributed by atoms with E-state index in [1.165, 1.54) is 52.1 Å². The minimum Gasteiger partial charge on any atom is -0.382 e. The van der Waals surface area contributed by atoms with Gasteiger partial charge in [0.1, 0.15) is 0 Å². The van der Waals surface area contributed by atoms with E-state index >= 15 is 0 Å². The maximum Gasteiger partial charge on any atom is 0.190 e. The van der Waals surface area contributed by atoms with E-state index in [0.717, 1.165) is 32.1 Å². The van der Waals surface area contributed by atoms with Gasteiger partial charge < -0.3 is 29.9 Å². The summed E-state index contributed by atoms with van der Waals surface area (Å²) >= 11 is 0. The van der Waals surface area contributed by atoms with Crippen LogP contribution in [0.4, 0.5) is 0 Å². The number of hydrogen-bond acceptors (Lipinski definition) is 5. The molecule has 0 aliphatic carbocycles. The van der Waals surface area contributed by atoms with Crippen LogP contribution in [0.2, 0.25) is 0 Å². The summed E-state index contributed by atoms with van der Waals surface area (Å²) in [6.07, 6.45) is 3.38. The minimum atomic E-state index is 0.658. The third-order valence-electron chi connectivity index (χ3n) is 4.52. The van der Waals surface area contributed by atoms with Gasteiger partial charge in [0, 0.05) is 60.0 Å². The van der Waals surface area contributed by atoms with Crippen molar-refractivity contribution in [2.75, 3.05) is 86.3 Å². The van der Waals surface area contributed by atoms with Crippen molar-refractivity contribution < 1.29 is 9.47 Å². The molecular weight excluding hydrogens is 318 g/mol. The molecule has 2 N–H and O–H groups in total. The highest BCUT2D eigenvalue weighted by molar-refractivity contribution is 5.79. The molecule has 0 saturated carbocycles. The van der Waals surface area contributed by atoms with Crippen LogP contribution in [0, 0.1) is 0 Å². The Balaban J connectivity index is 1.93. The van der Waals surface area contributed by atoms with Crippen molar-refractivity contribution in [3.63, 3.8) is 0 Å². The third kappa shape index (κ3) is 11.4. The molecule has 0 radical (unpaired) electrons. The lowest BCUT2D eigenvalue weighted by Crippen LogP contribution is -2.46. The first-order valence-electron chi connectivity index (χ1n) is 9.76. The smallest absolute Gasteiger partial charge is 0.190 e. The summed E-state index contributed by atoms with van der Waals surface area (Å²) in [6.45, 7) is 13.4. The van der Waals surface area contributed by atoms with E-state index in [-0.39, 0.29) is 0 Å². The lowest BCUT2D eigenvalue weighted by Gasteiger charge is -2.34. The van der Waals surface area contributed by atoms with E-state index in [9.17, 15) is 0 Å². The monoisotopic (exact) mass is 357 g/mol. The molecule has 7 heteroatoms. The third-order valence-corrected chi connectivity index (χ3v) is 4.52. The first kappa shape index (κ1) is 22.2. The summed E-state index contributed by atoms with van der Waals surface area (Å²) in [7, 11) is 3.50. The number of likely N-dealkylation sites (N-methyl/N-ethyl adjacent to an activating group) is 1. The zero-order chi connectivity index (χ0) is 18.2. The molecule has 1 aliphatic heterocycles. The molecule has 0 aromatic carbocycles. The van der Waals surface area contributed by atoms with Crippen molar-refractivity contribution in [2.24, 2.45) is 4.99 Å². The molecule has 0 amide bonds. The number of piperazine rings is 1. The maximum atomic E-state index is 5.44. The number of aliphatic imine (C=N–C) groups is 1. The quantitative estimate of drug-likeness (QED) is 0.286. The van der Waals surface area contributed by atoms with Gasteiger partial charge in [0.05, 0.1) is 13.2 Å². The topological polar surface area (TPSA) is 61.4 Å². The van der Waals surface area contributed by atoms with Gasteiger partial charge in [-0.3, -0.25) is 4.99 Å². The first-order chi connectivity index (χ1) is 12.3. The van der Waals surface area contributed by atoms with Crippen LogP contribution in [-0.2, 0) is 9.47 Å². The van der Waals surface area contributed by atoms with Gasteiger partial charge in [-0.15, -0.1) is 0 Å². The molecular formula is C18H39N5O2. The van der Waals surface area contributed by atoms with Crippen molar-refractivity contribution in [1.29, 1.82) is 0 Å². The molecule has 148 valence electrons. The Bertz CT molecular complexity index is 333. The summed E-state index contributed by atoms with van der Waals surface area (Å²) in [5.74, 6) is 0.883. The molecule has 0 unspecified atom stereocenters. The van der Waals surface area contributed by atoms with Crippen LogP contribution in [-0.4, -0.2) is 102 Å². The average Bonchev–Trinajstić information content (AvgIpc) is 2.65. The lowest BCUT2D eigenvalue weighted by molar-refractivity contribution is 0.0698. The van der Waals surface area contributed by atoms with E-state index in [4.69, 9.17) is 9.47 Å². The fourth-order valence-electron chi connectivity index (χ4n) is 2.84. The van der Waals surface area contributed by atoms with Crippen LogP contribution >= 0.6 is 0 Å². The number of hydrogen-bond donors (Lipinski definition) is 2. The van der Waals surface area contributed by atoms with E-state index in [1.54, 1.807) is 7.11 Å². The summed E-state index contributed by atoms with van der Waals surface area (Å²) in [4.78, 5) is 9.37. The Morgan fingerprint density at radius 3 is 2.24 bits per heavy atom. The highest BCUT2D eigenvalue weighted by Gasteiger charge is 2.14. The first-order valence-corrected chi connectivity index (χ1v) is 9.76. The van der Waals surface area contributed by atoms with Gasteiger partial charge in [0.15, 0.2) is 5.96 Å². The van der Waals surface area contributed by atoms with Crippen molar-refractivity contribution in [1.82, 2.24) is 20.4 Å². The van der Waals surface area contributed by atoms with E-state index in [0.29, 0.717) is 13.2 Å². The standard InChI is InChI=1S/C18H39N5O2/c1-4-22-11-13-23(14-12-22)10-6-5-8-20-18(19-2)21-9-7-15-25-17-16-24-3/h4-17H2,1-3H3,(H2,19,20,21). The predicted octanol–water partition coefficient (Wildman–Crippen LogP) is 0.622. The van der Waals surface area contributed by atoms with E-state index < -0.39 is 0 Å². The highest BCUT2D eigenvalue weighted by atomic mass is 16.5. The molecule has 0 spiro atoms. The Morgan fingerprint density at radius 2 is 1.60 bits per heavy atom. The second kappa shape index (κ2) is 15.4. The number of rotatable bonds is 13. The molecule has 1 saturated heterocycles. The van der Waals surface area contributed by atoms with Gasteiger partial charge in [0.25, 0.3) is 0 Å². The van der Waals surface area contributed by atoms with E-state index in [2.05, 4.69) is 32.3 Å². The molecule has 0 atom stereocenters. The average molecular weight is 358 g/mol. The molecule has 1 rings (SSSR count). The molecule has 0 aromatic rings. The van der Waals surface area contributed by atoms with Crippen molar-refractivity contribution >= 4 is 5.96 Å². The number of unbranched alkanes of at least 4 members (excludes halogenated alkanes) is 1. The lowest BCUT2D eigenvalue weighted by atomic mass is 10.2. The fraction of sp³-hybridized carbons (Fsp3) is 0.944. The minimum absolute atomic E-state index is 0.658. The number of nitrogens with one attached hydrogen (secondary N) is 2. The second-order valence-corrected chi connectivity index (χ2v) is 6.37. The van der Waals surface area contributed by atoms with Crippen molar-refractivity contribution in [3.8, 4) is 0 Å². The van der Waals surface area contributed by atoms with Gasteiger partial charge in [-0.25, -0.2) is 0 Å². The molecule has 1 heterocycles. The second-order valence-electron chi connectivity index (χ2n) is 6.37. The Labute approximate surface area is 154 Å². The van der Waals surface area contributed by atoms with Crippen molar-refractivity contribution in [2.45, 2.75) is 26.2 Å². The predicted molar refractivity (Wildman–Crippen MR) is 104 cm³/mol. The normalized spacial score (nSPS) is 17.0. The van der Waals surface area contributed by atoms with Gasteiger partial charge in [-0.2, -0.15) is 0 Å². The summed E-state index contributed by atoms with van der Waals surface area (Å²) in [6, 6.07) is 0.